The van der Waals surface area contributed by atoms with Crippen molar-refractivity contribution >= 4 is 14.0 Å². The van der Waals surface area contributed by atoms with Crippen LogP contribution in [0.25, 0.3) is 0 Å². The highest BCUT2D eigenvalue weighted by molar-refractivity contribution is 6.77. The number of carbonyl (C=O) groups is 1. The van der Waals surface area contributed by atoms with Crippen molar-refractivity contribution in [3.8, 4) is 0 Å². The van der Waals surface area contributed by atoms with E-state index in [1.165, 1.54) is 5.56 Å². The lowest BCUT2D eigenvalue weighted by atomic mass is 10.2. The van der Waals surface area contributed by atoms with Gasteiger partial charge < -0.3 is 4.74 Å². The Labute approximate surface area is 118 Å². The van der Waals surface area contributed by atoms with Gasteiger partial charge in [-0.25, -0.2) is 0 Å². The largest absolute Gasteiger partial charge is 0.466 e. The number of carbonyl (C=O) groups excluding carboxylic acids is 1. The summed E-state index contributed by atoms with van der Waals surface area (Å²) in [6, 6.07) is 12.7. The van der Waals surface area contributed by atoms with E-state index in [4.69, 9.17) is 4.74 Å². The van der Waals surface area contributed by atoms with E-state index in [1.807, 2.05) is 6.07 Å². The number of benzene rings is 1. The van der Waals surface area contributed by atoms with Crippen molar-refractivity contribution in [3.05, 3.63) is 35.9 Å². The average molecular weight is 278 g/mol. The van der Waals surface area contributed by atoms with Crippen LogP contribution in [0.15, 0.2) is 30.3 Å². The zero-order chi connectivity index (χ0) is 14.1. The van der Waals surface area contributed by atoms with E-state index in [2.05, 4.69) is 44.3 Å². The van der Waals surface area contributed by atoms with E-state index in [-0.39, 0.29) is 5.97 Å². The van der Waals surface area contributed by atoms with Crippen molar-refractivity contribution in [2.24, 2.45) is 0 Å². The van der Waals surface area contributed by atoms with Crippen LogP contribution in [-0.4, -0.2) is 20.7 Å². The third kappa shape index (κ3) is 7.16. The van der Waals surface area contributed by atoms with Gasteiger partial charge in [-0.15, -0.1) is 0 Å². The summed E-state index contributed by atoms with van der Waals surface area (Å²) >= 11 is 0. The van der Waals surface area contributed by atoms with Crippen molar-refractivity contribution in [1.29, 1.82) is 0 Å². The summed E-state index contributed by atoms with van der Waals surface area (Å²) in [7, 11) is -1.36. The molecule has 1 aromatic carbocycles. The van der Waals surface area contributed by atoms with E-state index in [9.17, 15) is 4.79 Å². The summed E-state index contributed by atoms with van der Waals surface area (Å²) in [6.45, 7) is 7.37. The standard InChI is InChI=1S/C16H26O2Si/c1-4-5-12-18-16(17)11-13-19(2,3)14-15-9-7-6-8-10-15/h6-10H,4-5,11-14H2,1-3H3. The Morgan fingerprint density at radius 3 is 2.53 bits per heavy atom. The number of rotatable bonds is 8. The molecule has 0 aliphatic rings. The van der Waals surface area contributed by atoms with Crippen LogP contribution in [0.1, 0.15) is 31.7 Å². The van der Waals surface area contributed by atoms with Gasteiger partial charge in [0.05, 0.1) is 14.7 Å². The first-order valence-corrected chi connectivity index (χ1v) is 10.6. The van der Waals surface area contributed by atoms with Crippen LogP contribution in [0.5, 0.6) is 0 Å². The minimum atomic E-state index is -1.36. The molecule has 2 nitrogen and oxygen atoms in total. The number of unbranched alkanes of at least 4 members (excludes halogenated alkanes) is 1. The summed E-state index contributed by atoms with van der Waals surface area (Å²) in [5, 5.41) is 0. The zero-order valence-corrected chi connectivity index (χ0v) is 13.4. The van der Waals surface area contributed by atoms with E-state index in [0.717, 1.165) is 24.9 Å². The number of hydrogen-bond acceptors (Lipinski definition) is 2. The van der Waals surface area contributed by atoms with Crippen molar-refractivity contribution in [1.82, 2.24) is 0 Å². The first-order chi connectivity index (χ1) is 9.03. The SMILES string of the molecule is CCCCOC(=O)CC[Si](C)(C)Cc1ccccc1. The van der Waals surface area contributed by atoms with Crippen LogP contribution < -0.4 is 0 Å². The fourth-order valence-electron chi connectivity index (χ4n) is 2.08. The summed E-state index contributed by atoms with van der Waals surface area (Å²) in [4.78, 5) is 11.6. The van der Waals surface area contributed by atoms with Crippen LogP contribution in [0.3, 0.4) is 0 Å². The van der Waals surface area contributed by atoms with E-state index < -0.39 is 8.07 Å². The molecule has 0 aromatic heterocycles. The Hall–Kier alpha value is -1.09. The predicted molar refractivity (Wildman–Crippen MR) is 82.9 cm³/mol. The molecule has 0 fully saturated rings. The minimum absolute atomic E-state index is 0.0258. The molecule has 0 atom stereocenters. The number of esters is 1. The maximum absolute atomic E-state index is 11.6. The van der Waals surface area contributed by atoms with Crippen molar-refractivity contribution in [2.75, 3.05) is 6.61 Å². The van der Waals surface area contributed by atoms with Crippen LogP contribution >= 0.6 is 0 Å². The van der Waals surface area contributed by atoms with Gasteiger partial charge in [-0.1, -0.05) is 62.3 Å². The summed E-state index contributed by atoms with van der Waals surface area (Å²) < 4.78 is 5.21. The third-order valence-corrected chi connectivity index (χ3v) is 6.26. The van der Waals surface area contributed by atoms with Gasteiger partial charge in [0, 0.05) is 6.42 Å². The molecular weight excluding hydrogens is 252 g/mol. The molecule has 106 valence electrons. The molecule has 0 unspecified atom stereocenters. The maximum Gasteiger partial charge on any atom is 0.305 e. The van der Waals surface area contributed by atoms with Gasteiger partial charge in [-0.05, 0) is 18.5 Å². The van der Waals surface area contributed by atoms with Crippen molar-refractivity contribution in [2.45, 2.75) is 51.4 Å². The summed E-state index contributed by atoms with van der Waals surface area (Å²) in [6.07, 6.45) is 2.62. The van der Waals surface area contributed by atoms with Gasteiger partial charge in [0.2, 0.25) is 0 Å². The Balaban J connectivity index is 2.32. The number of hydrogen-bond donors (Lipinski definition) is 0. The molecule has 0 heterocycles. The lowest BCUT2D eigenvalue weighted by Gasteiger charge is -2.22. The quantitative estimate of drug-likeness (QED) is 0.404. The summed E-state index contributed by atoms with van der Waals surface area (Å²) in [5.74, 6) is -0.0258. The smallest absolute Gasteiger partial charge is 0.305 e. The normalized spacial score (nSPS) is 11.3. The van der Waals surface area contributed by atoms with Crippen LogP contribution in [-0.2, 0) is 15.6 Å². The van der Waals surface area contributed by atoms with Crippen molar-refractivity contribution in [3.63, 3.8) is 0 Å². The third-order valence-electron chi connectivity index (χ3n) is 3.29. The second-order valence-electron chi connectivity index (χ2n) is 5.90. The van der Waals surface area contributed by atoms with E-state index in [0.29, 0.717) is 13.0 Å². The highest BCUT2D eigenvalue weighted by atomic mass is 28.3. The first kappa shape index (κ1) is 16.0. The lowest BCUT2D eigenvalue weighted by Crippen LogP contribution is -2.30. The highest BCUT2D eigenvalue weighted by Crippen LogP contribution is 2.18. The van der Waals surface area contributed by atoms with Crippen molar-refractivity contribution < 1.29 is 9.53 Å². The predicted octanol–water partition coefficient (Wildman–Crippen LogP) is 4.21. The molecular formula is C16H26O2Si. The first-order valence-electron chi connectivity index (χ1n) is 7.23. The second kappa shape index (κ2) is 8.15. The van der Waals surface area contributed by atoms with Gasteiger partial charge in [0.25, 0.3) is 0 Å². The monoisotopic (exact) mass is 278 g/mol. The molecule has 1 aromatic rings. The fourth-order valence-corrected chi connectivity index (χ4v) is 4.48. The summed E-state index contributed by atoms with van der Waals surface area (Å²) in [5.41, 5.74) is 1.39. The minimum Gasteiger partial charge on any atom is -0.466 e. The molecule has 19 heavy (non-hydrogen) atoms. The molecule has 0 amide bonds. The average Bonchev–Trinajstić information content (AvgIpc) is 2.38. The highest BCUT2D eigenvalue weighted by Gasteiger charge is 2.22. The molecule has 0 N–H and O–H groups in total. The molecule has 0 aliphatic carbocycles. The maximum atomic E-state index is 11.6. The van der Waals surface area contributed by atoms with Gasteiger partial charge >= 0.3 is 5.97 Å². The molecule has 0 spiro atoms. The molecule has 0 bridgehead atoms. The Morgan fingerprint density at radius 1 is 1.21 bits per heavy atom. The number of ether oxygens (including phenoxy) is 1. The molecule has 0 aliphatic heterocycles. The van der Waals surface area contributed by atoms with E-state index >= 15 is 0 Å². The zero-order valence-electron chi connectivity index (χ0n) is 12.4. The Bertz CT molecular complexity index is 374. The Morgan fingerprint density at radius 2 is 1.89 bits per heavy atom. The van der Waals surface area contributed by atoms with Gasteiger partial charge in [-0.2, -0.15) is 0 Å². The van der Waals surface area contributed by atoms with Crippen LogP contribution in [0.2, 0.25) is 19.1 Å². The lowest BCUT2D eigenvalue weighted by molar-refractivity contribution is -0.143. The van der Waals surface area contributed by atoms with Gasteiger partial charge in [0.15, 0.2) is 0 Å². The van der Waals surface area contributed by atoms with Gasteiger partial charge in [-0.3, -0.25) is 4.79 Å². The van der Waals surface area contributed by atoms with Gasteiger partial charge in [0.1, 0.15) is 0 Å². The second-order valence-corrected chi connectivity index (χ2v) is 11.1. The Kier molecular flexibility index (Phi) is 6.85. The van der Waals surface area contributed by atoms with Crippen LogP contribution in [0.4, 0.5) is 0 Å². The van der Waals surface area contributed by atoms with Crippen LogP contribution in [0, 0.1) is 0 Å². The molecule has 0 saturated heterocycles. The fraction of sp³-hybridized carbons (Fsp3) is 0.562. The van der Waals surface area contributed by atoms with E-state index in [1.54, 1.807) is 0 Å². The molecule has 0 saturated carbocycles. The molecule has 1 rings (SSSR count). The topological polar surface area (TPSA) is 26.3 Å². The molecule has 0 radical (unpaired) electrons. The molecule has 3 heteroatoms.